The Bertz CT molecular complexity index is 737. The average molecular weight is 375 g/mol. The molecule has 2 rings (SSSR count). The zero-order chi connectivity index (χ0) is 15.5. The van der Waals surface area contributed by atoms with Gasteiger partial charge in [0.05, 0.1) is 18.1 Å². The number of nitrogens with one attached hydrogen (secondary N) is 2. The number of hydrogen-bond donors (Lipinski definition) is 2. The summed E-state index contributed by atoms with van der Waals surface area (Å²) in [6.07, 6.45) is 2.31. The Labute approximate surface area is 130 Å². The molecule has 0 radical (unpaired) electrons. The van der Waals surface area contributed by atoms with E-state index in [0.717, 1.165) is 18.5 Å². The summed E-state index contributed by atoms with van der Waals surface area (Å²) < 4.78 is 40.6. The molecule has 2 aromatic rings. The first kappa shape index (κ1) is 15.6. The van der Waals surface area contributed by atoms with Crippen molar-refractivity contribution < 1.29 is 12.8 Å². The largest absolute Gasteiger partial charge is 0.355 e. The van der Waals surface area contributed by atoms with Crippen LogP contribution >= 0.6 is 15.9 Å². The predicted octanol–water partition coefficient (Wildman–Crippen LogP) is 2.61. The predicted molar refractivity (Wildman–Crippen MR) is 81.1 cm³/mol. The highest BCUT2D eigenvalue weighted by Gasteiger charge is 2.17. The van der Waals surface area contributed by atoms with Crippen LogP contribution in [0.25, 0.3) is 0 Å². The molecule has 21 heavy (non-hydrogen) atoms. The third kappa shape index (κ3) is 3.88. The molecule has 0 saturated heterocycles. The monoisotopic (exact) mass is 374 g/mol. The summed E-state index contributed by atoms with van der Waals surface area (Å²) in [5.41, 5.74) is -0.153. The molecule has 112 valence electrons. The third-order valence-electron chi connectivity index (χ3n) is 2.45. The Hall–Kier alpha value is -1.74. The van der Waals surface area contributed by atoms with Crippen LogP contribution in [0.5, 0.6) is 0 Å². The highest BCUT2D eigenvalue weighted by Crippen LogP contribution is 2.22. The summed E-state index contributed by atoms with van der Waals surface area (Å²) in [7, 11) is -3.95. The Morgan fingerprint density at radius 2 is 1.95 bits per heavy atom. The topological polar surface area (TPSA) is 84.0 Å². The molecule has 2 N–H and O–H groups in total. The fourth-order valence-electron chi connectivity index (χ4n) is 1.48. The van der Waals surface area contributed by atoms with Crippen LogP contribution < -0.4 is 10.0 Å². The Kier molecular flexibility index (Phi) is 4.73. The van der Waals surface area contributed by atoms with Crippen molar-refractivity contribution in [3.63, 3.8) is 0 Å². The van der Waals surface area contributed by atoms with E-state index < -0.39 is 15.8 Å². The van der Waals surface area contributed by atoms with Crippen molar-refractivity contribution in [3.8, 4) is 0 Å². The number of halogens is 2. The van der Waals surface area contributed by atoms with Crippen molar-refractivity contribution >= 4 is 37.6 Å². The minimum Gasteiger partial charge on any atom is -0.355 e. The maximum absolute atomic E-state index is 13.6. The lowest BCUT2D eigenvalue weighted by Gasteiger charge is -2.09. The van der Waals surface area contributed by atoms with Crippen LogP contribution in [0.15, 0.2) is 40.0 Å². The van der Waals surface area contributed by atoms with Crippen molar-refractivity contribution in [2.24, 2.45) is 0 Å². The molecular weight excluding hydrogens is 363 g/mol. The molecule has 9 heteroatoms. The zero-order valence-corrected chi connectivity index (χ0v) is 13.4. The van der Waals surface area contributed by atoms with E-state index >= 15 is 0 Å². The van der Waals surface area contributed by atoms with Gasteiger partial charge >= 0.3 is 0 Å². The Morgan fingerprint density at radius 1 is 1.29 bits per heavy atom. The second-order valence-electron chi connectivity index (χ2n) is 4.00. The van der Waals surface area contributed by atoms with Gasteiger partial charge in [0.1, 0.15) is 10.7 Å². The smallest absolute Gasteiger partial charge is 0.265 e. The van der Waals surface area contributed by atoms with Gasteiger partial charge in [-0.25, -0.2) is 22.8 Å². The quantitative estimate of drug-likeness (QED) is 0.840. The molecule has 0 unspecified atom stereocenters. The van der Waals surface area contributed by atoms with E-state index in [1.165, 1.54) is 12.1 Å². The number of rotatable bonds is 5. The minimum absolute atomic E-state index is 0.150. The van der Waals surface area contributed by atoms with Crippen LogP contribution in [0.2, 0.25) is 0 Å². The van der Waals surface area contributed by atoms with E-state index in [4.69, 9.17) is 0 Å². The second kappa shape index (κ2) is 6.35. The van der Waals surface area contributed by atoms with Gasteiger partial charge in [0, 0.05) is 11.0 Å². The normalized spacial score (nSPS) is 11.2. The molecule has 0 aliphatic carbocycles. The average Bonchev–Trinajstić information content (AvgIpc) is 2.44. The van der Waals surface area contributed by atoms with Gasteiger partial charge in [0.25, 0.3) is 10.0 Å². The minimum atomic E-state index is -3.95. The van der Waals surface area contributed by atoms with E-state index in [2.05, 4.69) is 35.9 Å². The maximum atomic E-state index is 13.6. The molecule has 0 aliphatic rings. The van der Waals surface area contributed by atoms with Crippen LogP contribution in [-0.4, -0.2) is 24.9 Å². The molecule has 1 aromatic heterocycles. The lowest BCUT2D eigenvalue weighted by molar-refractivity contribution is 0.597. The Morgan fingerprint density at radius 3 is 2.57 bits per heavy atom. The molecule has 0 saturated carbocycles. The van der Waals surface area contributed by atoms with Crippen LogP contribution in [0, 0.1) is 5.82 Å². The summed E-state index contributed by atoms with van der Waals surface area (Å²) in [5.74, 6) is -0.350. The van der Waals surface area contributed by atoms with Gasteiger partial charge in [-0.15, -0.1) is 0 Å². The fraction of sp³-hybridized carbons (Fsp3) is 0.167. The van der Waals surface area contributed by atoms with Gasteiger partial charge in [-0.05, 0) is 25.1 Å². The highest BCUT2D eigenvalue weighted by atomic mass is 79.9. The molecule has 1 aromatic carbocycles. The van der Waals surface area contributed by atoms with E-state index in [1.807, 2.05) is 6.92 Å². The lowest BCUT2D eigenvalue weighted by atomic mass is 10.3. The van der Waals surface area contributed by atoms with Gasteiger partial charge < -0.3 is 5.32 Å². The van der Waals surface area contributed by atoms with Crippen LogP contribution in [0.3, 0.4) is 0 Å². The number of aromatic nitrogens is 2. The van der Waals surface area contributed by atoms with Gasteiger partial charge in [-0.1, -0.05) is 15.9 Å². The number of sulfonamides is 1. The first-order chi connectivity index (χ1) is 9.92. The SMILES string of the molecule is CCNc1ncc(S(=O)(=O)Nc2cc(Br)ccc2F)cn1. The van der Waals surface area contributed by atoms with E-state index in [9.17, 15) is 12.8 Å². The lowest BCUT2D eigenvalue weighted by Crippen LogP contribution is -2.15. The number of nitrogens with zero attached hydrogens (tertiary/aromatic N) is 2. The van der Waals surface area contributed by atoms with E-state index in [1.54, 1.807) is 0 Å². The summed E-state index contributed by atoms with van der Waals surface area (Å²) in [5, 5.41) is 2.85. The van der Waals surface area contributed by atoms with Crippen molar-refractivity contribution in [2.45, 2.75) is 11.8 Å². The molecule has 0 aliphatic heterocycles. The standard InChI is InChI=1S/C12H12BrFN4O2S/c1-2-15-12-16-6-9(7-17-12)21(19,20)18-11-5-8(13)3-4-10(11)14/h3-7,18H,2H2,1H3,(H,15,16,17). The maximum Gasteiger partial charge on any atom is 0.265 e. The molecular formula is C12H12BrFN4O2S. The molecule has 0 spiro atoms. The van der Waals surface area contributed by atoms with Crippen molar-refractivity contribution in [2.75, 3.05) is 16.6 Å². The summed E-state index contributed by atoms with van der Waals surface area (Å²) in [6.45, 7) is 2.49. The van der Waals surface area contributed by atoms with Crippen LogP contribution in [0.1, 0.15) is 6.92 Å². The fourth-order valence-corrected chi connectivity index (χ4v) is 2.79. The first-order valence-corrected chi connectivity index (χ1v) is 8.24. The zero-order valence-electron chi connectivity index (χ0n) is 11.0. The molecule has 1 heterocycles. The van der Waals surface area contributed by atoms with Gasteiger partial charge in [-0.3, -0.25) is 4.72 Å². The Balaban J connectivity index is 2.27. The number of benzene rings is 1. The van der Waals surface area contributed by atoms with Crippen molar-refractivity contribution in [1.82, 2.24) is 9.97 Å². The van der Waals surface area contributed by atoms with E-state index in [0.29, 0.717) is 17.0 Å². The van der Waals surface area contributed by atoms with Crippen LogP contribution in [-0.2, 0) is 10.0 Å². The highest BCUT2D eigenvalue weighted by molar-refractivity contribution is 9.10. The van der Waals surface area contributed by atoms with Gasteiger partial charge in [-0.2, -0.15) is 0 Å². The second-order valence-corrected chi connectivity index (χ2v) is 6.60. The van der Waals surface area contributed by atoms with Gasteiger partial charge in [0.2, 0.25) is 5.95 Å². The first-order valence-electron chi connectivity index (χ1n) is 5.96. The molecule has 0 amide bonds. The molecule has 0 fully saturated rings. The third-order valence-corrected chi connectivity index (χ3v) is 4.26. The molecule has 0 atom stereocenters. The van der Waals surface area contributed by atoms with Gasteiger partial charge in [0.15, 0.2) is 0 Å². The van der Waals surface area contributed by atoms with Crippen molar-refractivity contribution in [1.29, 1.82) is 0 Å². The summed E-state index contributed by atoms with van der Waals surface area (Å²) in [6, 6.07) is 3.97. The summed E-state index contributed by atoms with van der Waals surface area (Å²) in [4.78, 5) is 7.59. The summed E-state index contributed by atoms with van der Waals surface area (Å²) >= 11 is 3.15. The number of hydrogen-bond acceptors (Lipinski definition) is 5. The van der Waals surface area contributed by atoms with Crippen molar-refractivity contribution in [3.05, 3.63) is 40.9 Å². The molecule has 6 nitrogen and oxygen atoms in total. The number of anilines is 2. The van der Waals surface area contributed by atoms with E-state index in [-0.39, 0.29) is 10.6 Å². The molecule has 0 bridgehead atoms. The van der Waals surface area contributed by atoms with Crippen LogP contribution in [0.4, 0.5) is 16.0 Å².